The Morgan fingerprint density at radius 1 is 1.21 bits per heavy atom. The van der Waals surface area contributed by atoms with E-state index in [1.54, 1.807) is 0 Å². The van der Waals surface area contributed by atoms with Crippen LogP contribution in [0.25, 0.3) is 0 Å². The molecule has 0 aliphatic rings. The van der Waals surface area contributed by atoms with Gasteiger partial charge in [-0.3, -0.25) is 4.68 Å². The number of rotatable bonds is 5. The first-order valence-electron chi connectivity index (χ1n) is 6.84. The van der Waals surface area contributed by atoms with Crippen molar-refractivity contribution in [2.24, 2.45) is 7.05 Å². The standard InChI is InChI=1S/C16H23N3/c1-12-9-13(2)11-15(10-12)14(3)17-7-5-16-6-8-19(4)18-16/h6,8-11,14,17H,5,7H2,1-4H3. The molecule has 3 nitrogen and oxygen atoms in total. The van der Waals surface area contributed by atoms with Crippen LogP contribution in [0.2, 0.25) is 0 Å². The van der Waals surface area contributed by atoms with Gasteiger partial charge < -0.3 is 5.32 Å². The van der Waals surface area contributed by atoms with Crippen molar-refractivity contribution in [3.8, 4) is 0 Å². The number of aromatic nitrogens is 2. The molecular formula is C16H23N3. The topological polar surface area (TPSA) is 29.9 Å². The molecule has 2 rings (SSSR count). The molecule has 0 amide bonds. The molecule has 1 N–H and O–H groups in total. The van der Waals surface area contributed by atoms with Crippen LogP contribution < -0.4 is 5.32 Å². The molecule has 0 saturated heterocycles. The number of hydrogen-bond donors (Lipinski definition) is 1. The van der Waals surface area contributed by atoms with Crippen molar-refractivity contribution in [3.05, 3.63) is 52.8 Å². The van der Waals surface area contributed by atoms with E-state index in [4.69, 9.17) is 0 Å². The van der Waals surface area contributed by atoms with Crippen LogP contribution in [0.5, 0.6) is 0 Å². The highest BCUT2D eigenvalue weighted by atomic mass is 15.2. The van der Waals surface area contributed by atoms with Gasteiger partial charge in [-0.2, -0.15) is 5.10 Å². The molecule has 1 unspecified atom stereocenters. The van der Waals surface area contributed by atoms with Gasteiger partial charge in [-0.05, 0) is 32.4 Å². The Kier molecular flexibility index (Phi) is 4.38. The lowest BCUT2D eigenvalue weighted by Gasteiger charge is -2.15. The smallest absolute Gasteiger partial charge is 0.0637 e. The zero-order chi connectivity index (χ0) is 13.8. The monoisotopic (exact) mass is 257 g/mol. The van der Waals surface area contributed by atoms with E-state index < -0.39 is 0 Å². The Morgan fingerprint density at radius 3 is 2.47 bits per heavy atom. The fourth-order valence-electron chi connectivity index (χ4n) is 2.39. The van der Waals surface area contributed by atoms with Crippen LogP contribution in [0.15, 0.2) is 30.5 Å². The molecule has 0 aliphatic heterocycles. The van der Waals surface area contributed by atoms with Gasteiger partial charge >= 0.3 is 0 Å². The molecule has 2 aromatic rings. The van der Waals surface area contributed by atoms with Crippen molar-refractivity contribution < 1.29 is 0 Å². The first-order valence-corrected chi connectivity index (χ1v) is 6.84. The molecule has 0 saturated carbocycles. The normalized spacial score (nSPS) is 12.6. The second-order valence-electron chi connectivity index (χ2n) is 5.33. The van der Waals surface area contributed by atoms with E-state index in [2.05, 4.69) is 55.5 Å². The predicted molar refractivity (Wildman–Crippen MR) is 79.2 cm³/mol. The molecule has 1 heterocycles. The van der Waals surface area contributed by atoms with Gasteiger partial charge in [-0.15, -0.1) is 0 Å². The van der Waals surface area contributed by atoms with Crippen molar-refractivity contribution in [2.75, 3.05) is 6.54 Å². The van der Waals surface area contributed by atoms with Gasteiger partial charge in [0.2, 0.25) is 0 Å². The average molecular weight is 257 g/mol. The van der Waals surface area contributed by atoms with Crippen molar-refractivity contribution in [3.63, 3.8) is 0 Å². The van der Waals surface area contributed by atoms with E-state index in [-0.39, 0.29) is 0 Å². The van der Waals surface area contributed by atoms with Gasteiger partial charge in [0.05, 0.1) is 5.69 Å². The largest absolute Gasteiger partial charge is 0.310 e. The van der Waals surface area contributed by atoms with E-state index in [9.17, 15) is 0 Å². The number of nitrogens with zero attached hydrogens (tertiary/aromatic N) is 2. The summed E-state index contributed by atoms with van der Waals surface area (Å²) >= 11 is 0. The van der Waals surface area contributed by atoms with Gasteiger partial charge in [0, 0.05) is 32.3 Å². The molecule has 0 aliphatic carbocycles. The van der Waals surface area contributed by atoms with Crippen molar-refractivity contribution in [1.29, 1.82) is 0 Å². The third kappa shape index (κ3) is 3.93. The fraction of sp³-hybridized carbons (Fsp3) is 0.438. The third-order valence-electron chi connectivity index (χ3n) is 3.34. The van der Waals surface area contributed by atoms with Crippen LogP contribution >= 0.6 is 0 Å². The number of nitrogens with one attached hydrogen (secondary N) is 1. The van der Waals surface area contributed by atoms with Gasteiger partial charge in [0.25, 0.3) is 0 Å². The summed E-state index contributed by atoms with van der Waals surface area (Å²) in [6.45, 7) is 7.46. The summed E-state index contributed by atoms with van der Waals surface area (Å²) in [6, 6.07) is 9.17. The molecule has 0 spiro atoms. The van der Waals surface area contributed by atoms with Crippen LogP contribution in [0, 0.1) is 13.8 Å². The first kappa shape index (κ1) is 13.8. The average Bonchev–Trinajstić information content (AvgIpc) is 2.73. The van der Waals surface area contributed by atoms with E-state index in [1.807, 2.05) is 17.9 Å². The second kappa shape index (κ2) is 6.02. The minimum atomic E-state index is 0.377. The van der Waals surface area contributed by atoms with E-state index in [0.29, 0.717) is 6.04 Å². The van der Waals surface area contributed by atoms with Crippen molar-refractivity contribution in [2.45, 2.75) is 33.2 Å². The molecule has 102 valence electrons. The van der Waals surface area contributed by atoms with Gasteiger partial charge in [-0.1, -0.05) is 29.3 Å². The Labute approximate surface area is 115 Å². The quantitative estimate of drug-likeness (QED) is 0.892. The van der Waals surface area contributed by atoms with Crippen molar-refractivity contribution >= 4 is 0 Å². The van der Waals surface area contributed by atoms with Gasteiger partial charge in [0.1, 0.15) is 0 Å². The molecule has 0 radical (unpaired) electrons. The zero-order valence-electron chi connectivity index (χ0n) is 12.3. The Bertz CT molecular complexity index is 522. The summed E-state index contributed by atoms with van der Waals surface area (Å²) in [7, 11) is 1.95. The summed E-state index contributed by atoms with van der Waals surface area (Å²) in [5.41, 5.74) is 5.16. The predicted octanol–water partition coefficient (Wildman–Crippen LogP) is 2.93. The van der Waals surface area contributed by atoms with E-state index in [0.717, 1.165) is 18.7 Å². The first-order chi connectivity index (χ1) is 9.04. The Balaban J connectivity index is 1.88. The molecule has 0 fully saturated rings. The summed E-state index contributed by atoms with van der Waals surface area (Å²) in [5.74, 6) is 0. The molecule has 19 heavy (non-hydrogen) atoms. The molecule has 0 bridgehead atoms. The summed E-state index contributed by atoms with van der Waals surface area (Å²) in [4.78, 5) is 0. The minimum Gasteiger partial charge on any atom is -0.310 e. The molecule has 1 atom stereocenters. The number of hydrogen-bond acceptors (Lipinski definition) is 2. The van der Waals surface area contributed by atoms with Crippen LogP contribution in [-0.2, 0) is 13.5 Å². The lowest BCUT2D eigenvalue weighted by atomic mass is 10.0. The summed E-state index contributed by atoms with van der Waals surface area (Å²) < 4.78 is 1.85. The maximum atomic E-state index is 4.39. The highest BCUT2D eigenvalue weighted by molar-refractivity contribution is 5.30. The Hall–Kier alpha value is -1.61. The lowest BCUT2D eigenvalue weighted by Crippen LogP contribution is -2.21. The van der Waals surface area contributed by atoms with E-state index >= 15 is 0 Å². The van der Waals surface area contributed by atoms with Gasteiger partial charge in [0.15, 0.2) is 0 Å². The maximum absolute atomic E-state index is 4.39. The highest BCUT2D eigenvalue weighted by Gasteiger charge is 2.06. The summed E-state index contributed by atoms with van der Waals surface area (Å²) in [5, 5.41) is 7.95. The SMILES string of the molecule is Cc1cc(C)cc(C(C)NCCc2ccn(C)n2)c1. The fourth-order valence-corrected chi connectivity index (χ4v) is 2.39. The van der Waals surface area contributed by atoms with E-state index in [1.165, 1.54) is 16.7 Å². The maximum Gasteiger partial charge on any atom is 0.0637 e. The van der Waals surface area contributed by atoms with Crippen molar-refractivity contribution in [1.82, 2.24) is 15.1 Å². The minimum absolute atomic E-state index is 0.377. The molecule has 1 aromatic heterocycles. The van der Waals surface area contributed by atoms with Crippen LogP contribution in [-0.4, -0.2) is 16.3 Å². The van der Waals surface area contributed by atoms with Gasteiger partial charge in [-0.25, -0.2) is 0 Å². The van der Waals surface area contributed by atoms with Crippen LogP contribution in [0.1, 0.15) is 35.3 Å². The second-order valence-corrected chi connectivity index (χ2v) is 5.33. The molecular weight excluding hydrogens is 234 g/mol. The number of aryl methyl sites for hydroxylation is 3. The molecule has 3 heteroatoms. The van der Waals surface area contributed by atoms with Crippen LogP contribution in [0.4, 0.5) is 0 Å². The molecule has 1 aromatic carbocycles. The van der Waals surface area contributed by atoms with Crippen LogP contribution in [0.3, 0.4) is 0 Å². The highest BCUT2D eigenvalue weighted by Crippen LogP contribution is 2.16. The summed E-state index contributed by atoms with van der Waals surface area (Å²) in [6.07, 6.45) is 2.96. The Morgan fingerprint density at radius 2 is 1.89 bits per heavy atom. The zero-order valence-corrected chi connectivity index (χ0v) is 12.3. The lowest BCUT2D eigenvalue weighted by molar-refractivity contribution is 0.570. The number of benzene rings is 1. The third-order valence-corrected chi connectivity index (χ3v) is 3.34.